The van der Waals surface area contributed by atoms with Crippen LogP contribution in [0.4, 0.5) is 4.39 Å². The summed E-state index contributed by atoms with van der Waals surface area (Å²) in [6.07, 6.45) is 0. The maximum atomic E-state index is 13.9. The molecule has 0 saturated heterocycles. The number of hydrogen-bond acceptors (Lipinski definition) is 1. The maximum Gasteiger partial charge on any atom is 0.128 e. The first-order valence-electron chi connectivity index (χ1n) is 7.13. The van der Waals surface area contributed by atoms with Gasteiger partial charge in [0.2, 0.25) is 0 Å². The third-order valence-corrected chi connectivity index (χ3v) is 4.23. The third-order valence-electron chi connectivity index (χ3n) is 4.23. The molecule has 3 heteroatoms. The molecule has 0 spiro atoms. The van der Waals surface area contributed by atoms with Crippen LogP contribution in [-0.2, 0) is 13.1 Å². The van der Waals surface area contributed by atoms with Crippen molar-refractivity contribution in [1.29, 1.82) is 0 Å². The molecular formula is C18H19FN2. The molecule has 2 nitrogen and oxygen atoms in total. The lowest BCUT2D eigenvalue weighted by Crippen LogP contribution is -2.04. The smallest absolute Gasteiger partial charge is 0.128 e. The summed E-state index contributed by atoms with van der Waals surface area (Å²) in [6.45, 7) is 5.27. The highest BCUT2D eigenvalue weighted by atomic mass is 19.1. The van der Waals surface area contributed by atoms with Gasteiger partial charge in [-0.25, -0.2) is 4.39 Å². The summed E-state index contributed by atoms with van der Waals surface area (Å²) < 4.78 is 16.1. The summed E-state index contributed by atoms with van der Waals surface area (Å²) in [5.41, 5.74) is 11.1. The Morgan fingerprint density at radius 1 is 1.10 bits per heavy atom. The number of fused-ring (bicyclic) bond motifs is 1. The molecule has 3 aromatic rings. The van der Waals surface area contributed by atoms with Crippen molar-refractivity contribution in [3.8, 4) is 0 Å². The molecule has 2 N–H and O–H groups in total. The van der Waals surface area contributed by atoms with Crippen LogP contribution < -0.4 is 5.73 Å². The predicted octanol–water partition coefficient (Wildman–Crippen LogP) is 3.90. The lowest BCUT2D eigenvalue weighted by atomic mass is 10.1. The van der Waals surface area contributed by atoms with Gasteiger partial charge in [0, 0.05) is 28.7 Å². The van der Waals surface area contributed by atoms with Gasteiger partial charge in [-0.05, 0) is 43.2 Å². The fraction of sp³-hybridized carbons (Fsp3) is 0.222. The molecule has 0 atom stereocenters. The summed E-state index contributed by atoms with van der Waals surface area (Å²) in [7, 11) is 0. The van der Waals surface area contributed by atoms with E-state index in [2.05, 4.69) is 30.5 Å². The van der Waals surface area contributed by atoms with Gasteiger partial charge in [0.25, 0.3) is 0 Å². The molecule has 0 bridgehead atoms. The number of hydrogen-bond donors (Lipinski definition) is 1. The normalized spacial score (nSPS) is 11.2. The number of nitrogens with zero attached hydrogens (tertiary/aromatic N) is 1. The molecule has 0 unspecified atom stereocenters. The molecule has 0 amide bonds. The molecule has 21 heavy (non-hydrogen) atoms. The Hall–Kier alpha value is -2.13. The summed E-state index contributed by atoms with van der Waals surface area (Å²) >= 11 is 0. The van der Waals surface area contributed by atoms with Crippen molar-refractivity contribution in [3.63, 3.8) is 0 Å². The van der Waals surface area contributed by atoms with Gasteiger partial charge in [-0.1, -0.05) is 24.3 Å². The van der Waals surface area contributed by atoms with Gasteiger partial charge in [-0.15, -0.1) is 0 Å². The second-order valence-corrected chi connectivity index (χ2v) is 5.44. The number of aromatic nitrogens is 1. The van der Waals surface area contributed by atoms with E-state index in [1.165, 1.54) is 22.7 Å². The second-order valence-electron chi connectivity index (χ2n) is 5.44. The Bertz CT molecular complexity index is 802. The van der Waals surface area contributed by atoms with Crippen molar-refractivity contribution in [2.45, 2.75) is 26.9 Å². The molecule has 1 heterocycles. The van der Waals surface area contributed by atoms with E-state index in [0.717, 1.165) is 11.1 Å². The van der Waals surface area contributed by atoms with Gasteiger partial charge in [0.15, 0.2) is 0 Å². The number of nitrogens with two attached hydrogens (primary N) is 1. The Labute approximate surface area is 124 Å². The molecule has 3 rings (SSSR count). The fourth-order valence-electron chi connectivity index (χ4n) is 2.82. The van der Waals surface area contributed by atoms with Crippen molar-refractivity contribution >= 4 is 10.9 Å². The predicted molar refractivity (Wildman–Crippen MR) is 84.8 cm³/mol. The molecule has 0 aliphatic rings. The molecule has 0 saturated carbocycles. The Kier molecular flexibility index (Phi) is 3.52. The Morgan fingerprint density at radius 3 is 2.57 bits per heavy atom. The Balaban J connectivity index is 2.15. The first-order valence-corrected chi connectivity index (χ1v) is 7.13. The topological polar surface area (TPSA) is 30.9 Å². The van der Waals surface area contributed by atoms with Gasteiger partial charge in [-0.3, -0.25) is 0 Å². The van der Waals surface area contributed by atoms with Gasteiger partial charge in [0.1, 0.15) is 5.82 Å². The van der Waals surface area contributed by atoms with Crippen molar-refractivity contribution in [2.75, 3.05) is 0 Å². The highest BCUT2D eigenvalue weighted by Crippen LogP contribution is 2.27. The zero-order valence-electron chi connectivity index (χ0n) is 12.4. The van der Waals surface area contributed by atoms with Crippen LogP contribution in [0.25, 0.3) is 10.9 Å². The van der Waals surface area contributed by atoms with Crippen LogP contribution >= 0.6 is 0 Å². The van der Waals surface area contributed by atoms with E-state index in [0.29, 0.717) is 18.7 Å². The quantitative estimate of drug-likeness (QED) is 0.776. The van der Waals surface area contributed by atoms with E-state index in [1.807, 2.05) is 18.2 Å². The van der Waals surface area contributed by atoms with E-state index in [4.69, 9.17) is 5.73 Å². The highest BCUT2D eigenvalue weighted by Gasteiger charge is 2.12. The van der Waals surface area contributed by atoms with E-state index < -0.39 is 0 Å². The van der Waals surface area contributed by atoms with Gasteiger partial charge >= 0.3 is 0 Å². The first-order chi connectivity index (χ1) is 10.1. The van der Waals surface area contributed by atoms with Crippen molar-refractivity contribution in [2.24, 2.45) is 5.73 Å². The van der Waals surface area contributed by atoms with Crippen LogP contribution in [0.1, 0.15) is 22.4 Å². The zero-order valence-corrected chi connectivity index (χ0v) is 12.4. The third kappa shape index (κ3) is 2.34. The van der Waals surface area contributed by atoms with E-state index in [9.17, 15) is 4.39 Å². The standard InChI is InChI=1S/C18H19FN2/c1-12-13(2)21(11-15-5-3-4-6-17(15)19)18-8-7-14(10-20)9-16(12)18/h3-9H,10-11,20H2,1-2H3. The van der Waals surface area contributed by atoms with Crippen LogP contribution in [0.15, 0.2) is 42.5 Å². The molecule has 1 aromatic heterocycles. The summed E-state index contributed by atoms with van der Waals surface area (Å²) in [5, 5.41) is 1.20. The lowest BCUT2D eigenvalue weighted by Gasteiger charge is -2.10. The highest BCUT2D eigenvalue weighted by molar-refractivity contribution is 5.86. The van der Waals surface area contributed by atoms with Gasteiger partial charge < -0.3 is 10.3 Å². The van der Waals surface area contributed by atoms with Crippen LogP contribution in [-0.4, -0.2) is 4.57 Å². The second kappa shape index (κ2) is 5.34. The molecule has 2 aromatic carbocycles. The SMILES string of the molecule is Cc1c(C)n(Cc2ccccc2F)c2ccc(CN)cc12. The van der Waals surface area contributed by atoms with Crippen LogP contribution in [0, 0.1) is 19.7 Å². The minimum Gasteiger partial charge on any atom is -0.340 e. The molecule has 0 aliphatic carbocycles. The van der Waals surface area contributed by atoms with Crippen molar-refractivity contribution in [3.05, 3.63) is 70.7 Å². The van der Waals surface area contributed by atoms with E-state index >= 15 is 0 Å². The minimum absolute atomic E-state index is 0.157. The number of aryl methyl sites for hydroxylation is 1. The van der Waals surface area contributed by atoms with E-state index in [1.54, 1.807) is 6.07 Å². The Morgan fingerprint density at radius 2 is 1.86 bits per heavy atom. The molecule has 0 aliphatic heterocycles. The molecular weight excluding hydrogens is 263 g/mol. The molecule has 0 fully saturated rings. The van der Waals surface area contributed by atoms with E-state index in [-0.39, 0.29) is 5.82 Å². The largest absolute Gasteiger partial charge is 0.340 e. The lowest BCUT2D eigenvalue weighted by molar-refractivity contribution is 0.600. The van der Waals surface area contributed by atoms with Crippen LogP contribution in [0.3, 0.4) is 0 Å². The molecule has 108 valence electrons. The van der Waals surface area contributed by atoms with Crippen LogP contribution in [0.2, 0.25) is 0 Å². The number of benzene rings is 2. The summed E-state index contributed by atoms with van der Waals surface area (Å²) in [5.74, 6) is -0.157. The first kappa shape index (κ1) is 13.8. The zero-order chi connectivity index (χ0) is 15.0. The average Bonchev–Trinajstić information content (AvgIpc) is 2.74. The minimum atomic E-state index is -0.157. The van der Waals surface area contributed by atoms with Crippen molar-refractivity contribution < 1.29 is 4.39 Å². The maximum absolute atomic E-state index is 13.9. The van der Waals surface area contributed by atoms with Crippen molar-refractivity contribution in [1.82, 2.24) is 4.57 Å². The van der Waals surface area contributed by atoms with Crippen LogP contribution in [0.5, 0.6) is 0 Å². The van der Waals surface area contributed by atoms with Gasteiger partial charge in [0.05, 0.1) is 6.54 Å². The number of halogens is 1. The summed E-state index contributed by atoms with van der Waals surface area (Å²) in [4.78, 5) is 0. The fourth-order valence-corrected chi connectivity index (χ4v) is 2.82. The monoisotopic (exact) mass is 282 g/mol. The number of rotatable bonds is 3. The average molecular weight is 282 g/mol. The van der Waals surface area contributed by atoms with Gasteiger partial charge in [-0.2, -0.15) is 0 Å². The molecule has 0 radical (unpaired) electrons. The summed E-state index contributed by atoms with van der Waals surface area (Å²) in [6, 6.07) is 13.2.